The summed E-state index contributed by atoms with van der Waals surface area (Å²) in [4.78, 5) is 14.2. The number of rotatable bonds is 5. The van der Waals surface area contributed by atoms with Crippen LogP contribution in [0.2, 0.25) is 0 Å². The van der Waals surface area contributed by atoms with Crippen LogP contribution >= 0.6 is 11.6 Å². The Hall–Kier alpha value is -1.54. The lowest BCUT2D eigenvalue weighted by atomic mass is 10.1. The summed E-state index contributed by atoms with van der Waals surface area (Å²) in [5, 5.41) is 2.25. The number of fused-ring (bicyclic) bond motifs is 1. The number of halogens is 1. The minimum absolute atomic E-state index is 0.0818. The third-order valence-corrected chi connectivity index (χ3v) is 3.49. The molecule has 2 rings (SSSR count). The number of hydrogen-bond acceptors (Lipinski definition) is 1. The van der Waals surface area contributed by atoms with E-state index in [0.29, 0.717) is 19.0 Å². The highest BCUT2D eigenvalue weighted by molar-refractivity contribution is 6.17. The number of nitrogens with zero attached hydrogens (tertiary/aromatic N) is 1. The summed E-state index contributed by atoms with van der Waals surface area (Å²) in [6, 6.07) is 13.9. The maximum atomic E-state index is 12.4. The van der Waals surface area contributed by atoms with Crippen LogP contribution in [-0.4, -0.2) is 29.8 Å². The van der Waals surface area contributed by atoms with Crippen molar-refractivity contribution in [2.75, 3.05) is 19.0 Å². The Morgan fingerprint density at radius 1 is 1.16 bits per heavy atom. The summed E-state index contributed by atoms with van der Waals surface area (Å²) >= 11 is 5.69. The summed E-state index contributed by atoms with van der Waals surface area (Å²) in [7, 11) is 0. The number of carbonyl (C=O) groups excluding carboxylic acids is 1. The minimum Gasteiger partial charge on any atom is -0.339 e. The van der Waals surface area contributed by atoms with Gasteiger partial charge < -0.3 is 4.90 Å². The lowest BCUT2D eigenvalue weighted by molar-refractivity contribution is 0.0765. The molecule has 1 amide bonds. The smallest absolute Gasteiger partial charge is 0.253 e. The van der Waals surface area contributed by atoms with Crippen LogP contribution in [0.4, 0.5) is 0 Å². The first-order valence-electron chi connectivity index (χ1n) is 6.60. The van der Waals surface area contributed by atoms with Crippen molar-refractivity contribution in [1.29, 1.82) is 0 Å². The predicted molar refractivity (Wildman–Crippen MR) is 80.9 cm³/mol. The Morgan fingerprint density at radius 3 is 2.58 bits per heavy atom. The average Bonchev–Trinajstić information content (AvgIpc) is 2.47. The van der Waals surface area contributed by atoms with Crippen LogP contribution < -0.4 is 0 Å². The van der Waals surface area contributed by atoms with Crippen molar-refractivity contribution in [1.82, 2.24) is 4.90 Å². The second-order valence-electron chi connectivity index (χ2n) is 4.49. The molecular weight excluding hydrogens is 258 g/mol. The molecule has 0 N–H and O–H groups in total. The molecule has 100 valence electrons. The molecule has 2 nitrogen and oxygen atoms in total. The van der Waals surface area contributed by atoms with Crippen molar-refractivity contribution < 1.29 is 4.79 Å². The van der Waals surface area contributed by atoms with Crippen molar-refractivity contribution in [2.45, 2.75) is 13.3 Å². The van der Waals surface area contributed by atoms with Gasteiger partial charge in [-0.15, -0.1) is 11.6 Å². The van der Waals surface area contributed by atoms with Gasteiger partial charge in [0.1, 0.15) is 0 Å². The molecule has 2 aromatic rings. The lowest BCUT2D eigenvalue weighted by Gasteiger charge is -2.20. The van der Waals surface area contributed by atoms with Gasteiger partial charge in [-0.25, -0.2) is 0 Å². The molecule has 0 saturated heterocycles. The van der Waals surface area contributed by atoms with Crippen LogP contribution in [0.5, 0.6) is 0 Å². The second-order valence-corrected chi connectivity index (χ2v) is 4.87. The Kier molecular flexibility index (Phi) is 4.80. The quantitative estimate of drug-likeness (QED) is 0.757. The number of carbonyl (C=O) groups is 1. The van der Waals surface area contributed by atoms with Gasteiger partial charge in [0, 0.05) is 24.5 Å². The predicted octanol–water partition coefficient (Wildman–Crippen LogP) is 3.93. The van der Waals surface area contributed by atoms with E-state index in [1.54, 1.807) is 0 Å². The molecule has 0 aliphatic carbocycles. The average molecular weight is 276 g/mol. The molecule has 2 aromatic carbocycles. The molecule has 19 heavy (non-hydrogen) atoms. The van der Waals surface area contributed by atoms with Crippen molar-refractivity contribution in [3.8, 4) is 0 Å². The molecule has 0 aliphatic heterocycles. The molecule has 0 fully saturated rings. The van der Waals surface area contributed by atoms with E-state index in [1.165, 1.54) is 0 Å². The van der Waals surface area contributed by atoms with E-state index in [4.69, 9.17) is 11.6 Å². The third-order valence-electron chi connectivity index (χ3n) is 3.23. The molecule has 0 aromatic heterocycles. The monoisotopic (exact) mass is 275 g/mol. The summed E-state index contributed by atoms with van der Waals surface area (Å²) in [5.41, 5.74) is 0.745. The Labute approximate surface area is 119 Å². The molecule has 0 heterocycles. The molecule has 0 radical (unpaired) electrons. The van der Waals surface area contributed by atoms with Crippen molar-refractivity contribution >= 4 is 28.3 Å². The fourth-order valence-corrected chi connectivity index (χ4v) is 2.28. The summed E-state index contributed by atoms with van der Waals surface area (Å²) in [6.07, 6.45) is 0.828. The Morgan fingerprint density at radius 2 is 1.89 bits per heavy atom. The zero-order chi connectivity index (χ0) is 13.7. The van der Waals surface area contributed by atoms with Crippen LogP contribution in [0.3, 0.4) is 0 Å². The number of hydrogen-bond donors (Lipinski definition) is 0. The topological polar surface area (TPSA) is 20.3 Å². The van der Waals surface area contributed by atoms with Gasteiger partial charge >= 0.3 is 0 Å². The highest BCUT2D eigenvalue weighted by Gasteiger charge is 2.13. The van der Waals surface area contributed by atoms with Gasteiger partial charge in [0.25, 0.3) is 5.91 Å². The maximum Gasteiger partial charge on any atom is 0.253 e. The SMILES string of the molecule is CCN(CCCCl)C(=O)c1ccc2ccccc2c1. The standard InChI is InChI=1S/C16H18ClNO/c1-2-18(11-5-10-17)16(19)15-9-8-13-6-3-4-7-14(13)12-15/h3-4,6-9,12H,2,5,10-11H2,1H3. The normalized spacial score (nSPS) is 10.6. The van der Waals surface area contributed by atoms with E-state index in [-0.39, 0.29) is 5.91 Å². The summed E-state index contributed by atoms with van der Waals surface area (Å²) in [5.74, 6) is 0.667. The van der Waals surface area contributed by atoms with Crippen LogP contribution in [0.25, 0.3) is 10.8 Å². The van der Waals surface area contributed by atoms with Crippen LogP contribution in [-0.2, 0) is 0 Å². The Balaban J connectivity index is 2.24. The van der Waals surface area contributed by atoms with Gasteiger partial charge in [0.2, 0.25) is 0 Å². The van der Waals surface area contributed by atoms with Gasteiger partial charge in [-0.05, 0) is 36.2 Å². The fourth-order valence-electron chi connectivity index (χ4n) is 2.16. The highest BCUT2D eigenvalue weighted by Crippen LogP contribution is 2.17. The van der Waals surface area contributed by atoms with E-state index in [2.05, 4.69) is 6.07 Å². The summed E-state index contributed by atoms with van der Waals surface area (Å²) < 4.78 is 0. The number of amides is 1. The van der Waals surface area contributed by atoms with E-state index < -0.39 is 0 Å². The van der Waals surface area contributed by atoms with Gasteiger partial charge in [-0.3, -0.25) is 4.79 Å². The molecule has 0 unspecified atom stereocenters. The fraction of sp³-hybridized carbons (Fsp3) is 0.312. The van der Waals surface area contributed by atoms with E-state index in [9.17, 15) is 4.79 Å². The molecule has 3 heteroatoms. The van der Waals surface area contributed by atoms with Gasteiger partial charge in [-0.2, -0.15) is 0 Å². The first kappa shape index (κ1) is 13.9. The first-order valence-corrected chi connectivity index (χ1v) is 7.13. The number of benzene rings is 2. The van der Waals surface area contributed by atoms with Gasteiger partial charge in [-0.1, -0.05) is 30.3 Å². The molecule has 0 bridgehead atoms. The van der Waals surface area contributed by atoms with Crippen molar-refractivity contribution in [3.05, 3.63) is 48.0 Å². The molecule has 0 aliphatic rings. The highest BCUT2D eigenvalue weighted by atomic mass is 35.5. The van der Waals surface area contributed by atoms with Gasteiger partial charge in [0.15, 0.2) is 0 Å². The van der Waals surface area contributed by atoms with Crippen LogP contribution in [0, 0.1) is 0 Å². The van der Waals surface area contributed by atoms with Crippen molar-refractivity contribution in [3.63, 3.8) is 0 Å². The molecule has 0 atom stereocenters. The van der Waals surface area contributed by atoms with Gasteiger partial charge in [0.05, 0.1) is 0 Å². The first-order chi connectivity index (χ1) is 9.26. The lowest BCUT2D eigenvalue weighted by Crippen LogP contribution is -2.31. The zero-order valence-electron chi connectivity index (χ0n) is 11.1. The zero-order valence-corrected chi connectivity index (χ0v) is 11.9. The minimum atomic E-state index is 0.0818. The molecule has 0 saturated carbocycles. The van der Waals surface area contributed by atoms with Crippen LogP contribution in [0.15, 0.2) is 42.5 Å². The molecule has 0 spiro atoms. The number of alkyl halides is 1. The van der Waals surface area contributed by atoms with E-state index in [1.807, 2.05) is 48.2 Å². The third kappa shape index (κ3) is 3.27. The molecular formula is C16H18ClNO. The van der Waals surface area contributed by atoms with Crippen LogP contribution in [0.1, 0.15) is 23.7 Å². The van der Waals surface area contributed by atoms with E-state index in [0.717, 1.165) is 22.8 Å². The summed E-state index contributed by atoms with van der Waals surface area (Å²) in [6.45, 7) is 3.42. The Bertz CT molecular complexity index is 567. The second kappa shape index (κ2) is 6.58. The van der Waals surface area contributed by atoms with E-state index >= 15 is 0 Å². The van der Waals surface area contributed by atoms with Crippen molar-refractivity contribution in [2.24, 2.45) is 0 Å². The maximum absolute atomic E-state index is 12.4. The largest absolute Gasteiger partial charge is 0.339 e.